The second kappa shape index (κ2) is 8.14. The normalized spacial score (nSPS) is 10.4. The van der Waals surface area contributed by atoms with Crippen LogP contribution in [0.5, 0.6) is 5.75 Å². The van der Waals surface area contributed by atoms with E-state index in [0.29, 0.717) is 28.2 Å². The Morgan fingerprint density at radius 1 is 0.889 bits per heavy atom. The van der Waals surface area contributed by atoms with Crippen LogP contribution in [0.15, 0.2) is 48.5 Å². The fourth-order valence-corrected chi connectivity index (χ4v) is 2.84. The number of rotatable bonds is 6. The van der Waals surface area contributed by atoms with Crippen molar-refractivity contribution in [2.45, 2.75) is 6.92 Å². The van der Waals surface area contributed by atoms with Crippen LogP contribution < -0.4 is 20.3 Å². The fraction of sp³-hybridized carbons (Fsp3) is 0.200. The van der Waals surface area contributed by atoms with Gasteiger partial charge < -0.3 is 20.3 Å². The largest absolute Gasteiger partial charge is 0.495 e. The minimum atomic E-state index is 0.535. The summed E-state index contributed by atoms with van der Waals surface area (Å²) in [4.78, 5) is 10.9. The van der Waals surface area contributed by atoms with Gasteiger partial charge in [0.1, 0.15) is 23.2 Å². The Morgan fingerprint density at radius 2 is 1.48 bits per heavy atom. The number of ether oxygens (including phenoxy) is 1. The zero-order valence-corrected chi connectivity index (χ0v) is 16.5. The van der Waals surface area contributed by atoms with Gasteiger partial charge in [0, 0.05) is 37.2 Å². The zero-order valence-electron chi connectivity index (χ0n) is 15.7. The fourth-order valence-electron chi connectivity index (χ4n) is 2.58. The quantitative estimate of drug-likeness (QED) is 0.624. The molecule has 0 bridgehead atoms. The van der Waals surface area contributed by atoms with E-state index in [2.05, 4.69) is 37.6 Å². The Morgan fingerprint density at radius 3 is 2.04 bits per heavy atom. The summed E-state index contributed by atoms with van der Waals surface area (Å²) in [5, 5.41) is 7.10. The molecule has 2 aromatic carbocycles. The summed E-state index contributed by atoms with van der Waals surface area (Å²) in [5.41, 5.74) is 2.91. The summed E-state index contributed by atoms with van der Waals surface area (Å²) in [7, 11) is 5.62. The summed E-state index contributed by atoms with van der Waals surface area (Å²) in [6.45, 7) is 1.85. The lowest BCUT2D eigenvalue weighted by atomic mass is 10.2. The standard InChI is InChI=1S/C20H22ClN5O/c1-13-22-19(24-14-5-8-16(9-6-14)26(2)3)12-20(23-13)25-15-7-10-18(27-4)17(21)11-15/h5-12H,1-4H3,(H2,22,23,24,25). The number of halogens is 1. The van der Waals surface area contributed by atoms with Gasteiger partial charge in [0.2, 0.25) is 0 Å². The minimum Gasteiger partial charge on any atom is -0.495 e. The molecule has 0 unspecified atom stereocenters. The highest BCUT2D eigenvalue weighted by molar-refractivity contribution is 6.32. The van der Waals surface area contributed by atoms with Crippen LogP contribution in [0.25, 0.3) is 0 Å². The molecular weight excluding hydrogens is 362 g/mol. The van der Waals surface area contributed by atoms with Crippen LogP contribution in [0.1, 0.15) is 5.82 Å². The van der Waals surface area contributed by atoms with Crippen molar-refractivity contribution in [2.24, 2.45) is 0 Å². The van der Waals surface area contributed by atoms with Crippen LogP contribution in [0, 0.1) is 6.92 Å². The summed E-state index contributed by atoms with van der Waals surface area (Å²) in [6.07, 6.45) is 0. The Labute approximate surface area is 164 Å². The van der Waals surface area contributed by atoms with Crippen molar-refractivity contribution in [2.75, 3.05) is 36.7 Å². The number of benzene rings is 2. The lowest BCUT2D eigenvalue weighted by Crippen LogP contribution is -2.08. The van der Waals surface area contributed by atoms with Gasteiger partial charge in [-0.25, -0.2) is 9.97 Å². The topological polar surface area (TPSA) is 62.3 Å². The first-order valence-electron chi connectivity index (χ1n) is 8.45. The molecule has 7 heteroatoms. The van der Waals surface area contributed by atoms with E-state index in [4.69, 9.17) is 16.3 Å². The molecule has 1 heterocycles. The van der Waals surface area contributed by atoms with Gasteiger partial charge in [-0.2, -0.15) is 0 Å². The number of aromatic nitrogens is 2. The van der Waals surface area contributed by atoms with E-state index in [1.165, 1.54) is 0 Å². The summed E-state index contributed by atoms with van der Waals surface area (Å²) in [6, 6.07) is 15.5. The van der Waals surface area contributed by atoms with Crippen LogP contribution in [0.3, 0.4) is 0 Å². The second-order valence-electron chi connectivity index (χ2n) is 6.23. The number of anilines is 5. The number of aryl methyl sites for hydroxylation is 1. The van der Waals surface area contributed by atoms with Gasteiger partial charge in [-0.05, 0) is 49.4 Å². The van der Waals surface area contributed by atoms with Gasteiger partial charge in [0.15, 0.2) is 0 Å². The predicted molar refractivity (Wildman–Crippen MR) is 112 cm³/mol. The molecule has 0 amide bonds. The maximum absolute atomic E-state index is 6.19. The third kappa shape index (κ3) is 4.80. The van der Waals surface area contributed by atoms with E-state index in [1.54, 1.807) is 13.2 Å². The summed E-state index contributed by atoms with van der Waals surface area (Å²) < 4.78 is 5.18. The lowest BCUT2D eigenvalue weighted by Gasteiger charge is -2.14. The molecule has 0 fully saturated rings. The van der Waals surface area contributed by atoms with Gasteiger partial charge in [-0.1, -0.05) is 11.6 Å². The third-order valence-corrected chi connectivity index (χ3v) is 4.21. The first-order chi connectivity index (χ1) is 12.9. The van der Waals surface area contributed by atoms with Gasteiger partial charge in [0.05, 0.1) is 12.1 Å². The predicted octanol–water partition coefficient (Wildman–Crippen LogP) is 5.00. The molecule has 0 aliphatic heterocycles. The molecule has 6 nitrogen and oxygen atoms in total. The average molecular weight is 384 g/mol. The minimum absolute atomic E-state index is 0.535. The maximum atomic E-state index is 6.19. The van der Waals surface area contributed by atoms with Gasteiger partial charge in [0.25, 0.3) is 0 Å². The van der Waals surface area contributed by atoms with Crippen LogP contribution in [-0.2, 0) is 0 Å². The average Bonchev–Trinajstić information content (AvgIpc) is 2.62. The third-order valence-electron chi connectivity index (χ3n) is 3.92. The van der Waals surface area contributed by atoms with Crippen LogP contribution in [0.4, 0.5) is 28.7 Å². The summed E-state index contributed by atoms with van der Waals surface area (Å²) >= 11 is 6.19. The highest BCUT2D eigenvalue weighted by Gasteiger charge is 2.06. The van der Waals surface area contributed by atoms with E-state index in [0.717, 1.165) is 17.1 Å². The molecule has 0 saturated carbocycles. The highest BCUT2D eigenvalue weighted by atomic mass is 35.5. The van der Waals surface area contributed by atoms with Crippen LogP contribution >= 0.6 is 11.6 Å². The molecule has 1 aromatic heterocycles. The van der Waals surface area contributed by atoms with Crippen molar-refractivity contribution in [3.05, 3.63) is 59.4 Å². The van der Waals surface area contributed by atoms with E-state index >= 15 is 0 Å². The molecule has 2 N–H and O–H groups in total. The summed E-state index contributed by atoms with van der Waals surface area (Å²) in [5.74, 6) is 2.68. The SMILES string of the molecule is COc1ccc(Nc2cc(Nc3ccc(N(C)C)cc3)nc(C)n2)cc1Cl. The molecule has 0 atom stereocenters. The van der Waals surface area contributed by atoms with Crippen molar-refractivity contribution < 1.29 is 4.74 Å². The maximum Gasteiger partial charge on any atom is 0.137 e. The first-order valence-corrected chi connectivity index (χ1v) is 8.83. The van der Waals surface area contributed by atoms with Crippen molar-refractivity contribution in [3.63, 3.8) is 0 Å². The zero-order chi connectivity index (χ0) is 19.4. The van der Waals surface area contributed by atoms with E-state index < -0.39 is 0 Å². The van der Waals surface area contributed by atoms with Crippen molar-refractivity contribution >= 4 is 40.3 Å². The number of hydrogen-bond acceptors (Lipinski definition) is 6. The molecule has 0 radical (unpaired) electrons. The van der Waals surface area contributed by atoms with Crippen molar-refractivity contribution in [1.29, 1.82) is 0 Å². The number of nitrogens with zero attached hydrogens (tertiary/aromatic N) is 3. The molecule has 0 aliphatic rings. The Balaban J connectivity index is 1.78. The molecule has 140 valence electrons. The Kier molecular flexibility index (Phi) is 5.66. The van der Waals surface area contributed by atoms with Crippen molar-refractivity contribution in [3.8, 4) is 5.75 Å². The van der Waals surface area contributed by atoms with Gasteiger partial charge in [-0.15, -0.1) is 0 Å². The molecule has 3 aromatic rings. The Bertz CT molecular complexity index is 928. The van der Waals surface area contributed by atoms with Crippen LogP contribution in [0.2, 0.25) is 5.02 Å². The van der Waals surface area contributed by atoms with E-state index in [-0.39, 0.29) is 0 Å². The van der Waals surface area contributed by atoms with Gasteiger partial charge in [-0.3, -0.25) is 0 Å². The monoisotopic (exact) mass is 383 g/mol. The second-order valence-corrected chi connectivity index (χ2v) is 6.63. The van der Waals surface area contributed by atoms with E-state index in [9.17, 15) is 0 Å². The first kappa shape index (κ1) is 18.8. The van der Waals surface area contributed by atoms with Gasteiger partial charge >= 0.3 is 0 Å². The molecule has 27 heavy (non-hydrogen) atoms. The molecule has 0 spiro atoms. The molecule has 0 saturated heterocycles. The highest BCUT2D eigenvalue weighted by Crippen LogP contribution is 2.29. The molecular formula is C20H22ClN5O. The number of nitrogens with one attached hydrogen (secondary N) is 2. The van der Waals surface area contributed by atoms with Crippen LogP contribution in [-0.4, -0.2) is 31.2 Å². The Hall–Kier alpha value is -2.99. The molecule has 0 aliphatic carbocycles. The smallest absolute Gasteiger partial charge is 0.137 e. The lowest BCUT2D eigenvalue weighted by molar-refractivity contribution is 0.415. The number of hydrogen-bond donors (Lipinski definition) is 2. The molecule has 3 rings (SSSR count). The number of methoxy groups -OCH3 is 1. The van der Waals surface area contributed by atoms with E-state index in [1.807, 2.05) is 51.4 Å². The van der Waals surface area contributed by atoms with Crippen molar-refractivity contribution in [1.82, 2.24) is 9.97 Å².